The maximum atomic E-state index is 5.57. The van der Waals surface area contributed by atoms with Gasteiger partial charge in [0.2, 0.25) is 5.96 Å². The van der Waals surface area contributed by atoms with E-state index in [1.807, 2.05) is 0 Å². The molecule has 5 heteroatoms. The number of nitrogens with zero attached hydrogens (tertiary/aromatic N) is 2. The van der Waals surface area contributed by atoms with Gasteiger partial charge in [-0.2, -0.15) is 0 Å². The minimum atomic E-state index is 0.547. The van der Waals surface area contributed by atoms with E-state index < -0.39 is 0 Å². The molecular weight excluding hydrogens is 250 g/mol. The van der Waals surface area contributed by atoms with E-state index in [0.29, 0.717) is 6.04 Å². The van der Waals surface area contributed by atoms with Crippen LogP contribution in [0.25, 0.3) is 0 Å². The number of hydrogen-bond donors (Lipinski definition) is 3. The van der Waals surface area contributed by atoms with Crippen LogP contribution < -0.4 is 16.6 Å². The molecule has 116 valence electrons. The number of aliphatic imine (C=N–C) groups is 1. The highest BCUT2D eigenvalue weighted by atomic mass is 15.3. The molecule has 4 N–H and O–H groups in total. The lowest BCUT2D eigenvalue weighted by atomic mass is 9.96. The van der Waals surface area contributed by atoms with Gasteiger partial charge in [0.15, 0.2) is 0 Å². The molecule has 0 atom stereocenters. The molecule has 0 aliphatic heterocycles. The van der Waals surface area contributed by atoms with E-state index in [-0.39, 0.29) is 0 Å². The van der Waals surface area contributed by atoms with Crippen LogP contribution in [-0.2, 0) is 0 Å². The van der Waals surface area contributed by atoms with Gasteiger partial charge in [0.05, 0.1) is 6.54 Å². The molecule has 2 rings (SSSR count). The van der Waals surface area contributed by atoms with Gasteiger partial charge in [-0.1, -0.05) is 32.1 Å². The molecule has 0 aromatic rings. The first-order chi connectivity index (χ1) is 9.79. The summed E-state index contributed by atoms with van der Waals surface area (Å²) in [4.78, 5) is 7.03. The van der Waals surface area contributed by atoms with Crippen LogP contribution in [0.5, 0.6) is 0 Å². The molecule has 0 saturated heterocycles. The van der Waals surface area contributed by atoms with Crippen LogP contribution in [0.1, 0.15) is 57.8 Å². The third-order valence-electron chi connectivity index (χ3n) is 4.75. The summed E-state index contributed by atoms with van der Waals surface area (Å²) in [5.41, 5.74) is 2.71. The Labute approximate surface area is 123 Å². The molecule has 2 aliphatic carbocycles. The fourth-order valence-corrected chi connectivity index (χ4v) is 3.42. The van der Waals surface area contributed by atoms with E-state index in [2.05, 4.69) is 27.7 Å². The Morgan fingerprint density at radius 3 is 2.40 bits per heavy atom. The quantitative estimate of drug-likeness (QED) is 0.310. The predicted octanol–water partition coefficient (Wildman–Crippen LogP) is 1.60. The fraction of sp³-hybridized carbons (Fsp3) is 0.933. The highest BCUT2D eigenvalue weighted by Crippen LogP contribution is 2.22. The van der Waals surface area contributed by atoms with E-state index in [1.54, 1.807) is 0 Å². The van der Waals surface area contributed by atoms with Crippen molar-refractivity contribution in [1.29, 1.82) is 0 Å². The third kappa shape index (κ3) is 4.94. The molecule has 0 spiro atoms. The van der Waals surface area contributed by atoms with Crippen LogP contribution in [0.4, 0.5) is 0 Å². The van der Waals surface area contributed by atoms with Gasteiger partial charge in [-0.3, -0.25) is 10.4 Å². The van der Waals surface area contributed by atoms with E-state index >= 15 is 0 Å². The van der Waals surface area contributed by atoms with Crippen LogP contribution >= 0.6 is 0 Å². The second-order valence-corrected chi connectivity index (χ2v) is 6.27. The molecule has 0 amide bonds. The van der Waals surface area contributed by atoms with E-state index in [9.17, 15) is 0 Å². The Kier molecular flexibility index (Phi) is 6.60. The normalized spacial score (nSPS) is 22.4. The summed E-state index contributed by atoms with van der Waals surface area (Å²) >= 11 is 0. The SMILES string of the molecule is CN(CCN=C(NN)NC1CCCCC1)C1CCCC1. The number of likely N-dealkylation sites (N-methyl/N-ethyl adjacent to an activating group) is 1. The zero-order valence-corrected chi connectivity index (χ0v) is 12.9. The zero-order valence-electron chi connectivity index (χ0n) is 12.9. The lowest BCUT2D eigenvalue weighted by Crippen LogP contribution is -2.47. The Morgan fingerprint density at radius 1 is 1.10 bits per heavy atom. The summed E-state index contributed by atoms with van der Waals surface area (Å²) in [5.74, 6) is 6.33. The predicted molar refractivity (Wildman–Crippen MR) is 84.5 cm³/mol. The minimum absolute atomic E-state index is 0.547. The van der Waals surface area contributed by atoms with Crippen molar-refractivity contribution in [1.82, 2.24) is 15.6 Å². The second kappa shape index (κ2) is 8.47. The molecule has 0 unspecified atom stereocenters. The lowest BCUT2D eigenvalue weighted by Gasteiger charge is -2.25. The second-order valence-electron chi connectivity index (χ2n) is 6.27. The topological polar surface area (TPSA) is 65.7 Å². The number of rotatable bonds is 5. The van der Waals surface area contributed by atoms with Crippen LogP contribution in [0.3, 0.4) is 0 Å². The summed E-state index contributed by atoms with van der Waals surface area (Å²) in [6.45, 7) is 1.83. The van der Waals surface area contributed by atoms with Gasteiger partial charge < -0.3 is 10.2 Å². The van der Waals surface area contributed by atoms with Crippen LogP contribution in [0, 0.1) is 0 Å². The first-order valence-corrected chi connectivity index (χ1v) is 8.27. The average molecular weight is 281 g/mol. The van der Waals surface area contributed by atoms with Crippen molar-refractivity contribution in [3.05, 3.63) is 0 Å². The highest BCUT2D eigenvalue weighted by Gasteiger charge is 2.19. The van der Waals surface area contributed by atoms with Crippen LogP contribution in [-0.4, -0.2) is 43.1 Å². The van der Waals surface area contributed by atoms with Crippen LogP contribution in [0.15, 0.2) is 4.99 Å². The largest absolute Gasteiger partial charge is 0.353 e. The first kappa shape index (κ1) is 15.6. The summed E-state index contributed by atoms with van der Waals surface area (Å²) in [6.07, 6.45) is 12.0. The van der Waals surface area contributed by atoms with Gasteiger partial charge in [0, 0.05) is 18.6 Å². The minimum Gasteiger partial charge on any atom is -0.353 e. The van der Waals surface area contributed by atoms with Crippen molar-refractivity contribution in [3.8, 4) is 0 Å². The van der Waals surface area contributed by atoms with Crippen molar-refractivity contribution in [3.63, 3.8) is 0 Å². The molecule has 0 bridgehead atoms. The molecule has 2 fully saturated rings. The summed E-state index contributed by atoms with van der Waals surface area (Å²) in [7, 11) is 2.22. The van der Waals surface area contributed by atoms with Gasteiger partial charge in [0.25, 0.3) is 0 Å². The fourth-order valence-electron chi connectivity index (χ4n) is 3.42. The van der Waals surface area contributed by atoms with Gasteiger partial charge in [-0.05, 0) is 32.7 Å². The van der Waals surface area contributed by atoms with Crippen molar-refractivity contribution in [2.75, 3.05) is 20.1 Å². The maximum Gasteiger partial charge on any atom is 0.205 e. The van der Waals surface area contributed by atoms with Crippen molar-refractivity contribution >= 4 is 5.96 Å². The molecule has 0 heterocycles. The standard InChI is InChI=1S/C15H31N5/c1-20(14-9-5-6-10-14)12-11-17-15(19-16)18-13-7-3-2-4-8-13/h13-14H,2-12,16H2,1H3,(H2,17,18,19). The highest BCUT2D eigenvalue weighted by molar-refractivity contribution is 5.79. The third-order valence-corrected chi connectivity index (χ3v) is 4.75. The maximum absolute atomic E-state index is 5.57. The number of nitrogens with one attached hydrogen (secondary N) is 2. The number of nitrogens with two attached hydrogens (primary N) is 1. The van der Waals surface area contributed by atoms with Gasteiger partial charge in [0.1, 0.15) is 0 Å². The Morgan fingerprint density at radius 2 is 1.75 bits per heavy atom. The molecule has 0 aromatic carbocycles. The molecule has 20 heavy (non-hydrogen) atoms. The molecule has 0 radical (unpaired) electrons. The van der Waals surface area contributed by atoms with E-state index in [1.165, 1.54) is 57.8 Å². The lowest BCUT2D eigenvalue weighted by molar-refractivity contribution is 0.252. The van der Waals surface area contributed by atoms with E-state index in [0.717, 1.165) is 25.1 Å². The first-order valence-electron chi connectivity index (χ1n) is 8.27. The number of hydrazine groups is 1. The monoisotopic (exact) mass is 281 g/mol. The van der Waals surface area contributed by atoms with Crippen molar-refractivity contribution in [2.45, 2.75) is 69.9 Å². The zero-order chi connectivity index (χ0) is 14.2. The van der Waals surface area contributed by atoms with Gasteiger partial charge in [-0.25, -0.2) is 5.84 Å². The molecule has 2 saturated carbocycles. The molecule has 0 aromatic heterocycles. The molecule has 2 aliphatic rings. The summed E-state index contributed by atoms with van der Waals surface area (Å²) in [6, 6.07) is 1.32. The van der Waals surface area contributed by atoms with Gasteiger partial charge in [-0.15, -0.1) is 0 Å². The Bertz CT molecular complexity index is 293. The number of hydrogen-bond acceptors (Lipinski definition) is 3. The Hall–Kier alpha value is -0.810. The van der Waals surface area contributed by atoms with Crippen molar-refractivity contribution < 1.29 is 0 Å². The smallest absolute Gasteiger partial charge is 0.205 e. The van der Waals surface area contributed by atoms with E-state index in [4.69, 9.17) is 5.84 Å². The average Bonchev–Trinajstić information content (AvgIpc) is 3.01. The van der Waals surface area contributed by atoms with Crippen LogP contribution in [0.2, 0.25) is 0 Å². The number of guanidine groups is 1. The van der Waals surface area contributed by atoms with Crippen molar-refractivity contribution in [2.24, 2.45) is 10.8 Å². The summed E-state index contributed by atoms with van der Waals surface area (Å²) < 4.78 is 0. The van der Waals surface area contributed by atoms with Gasteiger partial charge >= 0.3 is 0 Å². The Balaban J connectivity index is 1.69. The molecular formula is C15H31N5. The summed E-state index contributed by atoms with van der Waals surface area (Å²) in [5, 5.41) is 3.44. The molecule has 5 nitrogen and oxygen atoms in total.